The minimum Gasteiger partial charge on any atom is -0.379 e. The van der Waals surface area contributed by atoms with Crippen LogP contribution in [-0.2, 0) is 23.8 Å². The topological polar surface area (TPSA) is 61.8 Å². The molecule has 1 aromatic carbocycles. The van der Waals surface area contributed by atoms with Crippen LogP contribution < -0.4 is 0 Å². The first-order valence-electron chi connectivity index (χ1n) is 6.13. The van der Waals surface area contributed by atoms with Crippen LogP contribution in [0.25, 0.3) is 0 Å². The van der Waals surface area contributed by atoms with E-state index in [2.05, 4.69) is 0 Å². The van der Waals surface area contributed by atoms with Crippen molar-refractivity contribution in [2.45, 2.75) is 30.4 Å². The molecule has 1 heterocycles. The first-order valence-corrected chi connectivity index (χ1v) is 7.54. The second kappa shape index (κ2) is 6.00. The summed E-state index contributed by atoms with van der Waals surface area (Å²) in [5, 5.41) is 0. The Bertz CT molecular complexity index is 508. The minimum atomic E-state index is -3.76. The van der Waals surface area contributed by atoms with Crippen molar-refractivity contribution in [3.63, 3.8) is 0 Å². The maximum absolute atomic E-state index is 12.2. The molecule has 1 fully saturated rings. The van der Waals surface area contributed by atoms with Crippen molar-refractivity contribution in [3.05, 3.63) is 29.8 Å². The number of rotatable bonds is 4. The molecule has 6 heteroatoms. The summed E-state index contributed by atoms with van der Waals surface area (Å²) >= 11 is 0. The maximum Gasteiger partial charge on any atom is 0.297 e. The quantitative estimate of drug-likeness (QED) is 0.785. The number of ether oxygens (including phenoxy) is 2. The van der Waals surface area contributed by atoms with E-state index in [1.165, 1.54) is 7.11 Å². The molecular formula is C13H18O5S. The number of aryl methyl sites for hydroxylation is 1. The van der Waals surface area contributed by atoms with E-state index >= 15 is 0 Å². The molecule has 1 aliphatic rings. The zero-order valence-electron chi connectivity index (χ0n) is 11.0. The summed E-state index contributed by atoms with van der Waals surface area (Å²) in [6, 6.07) is 6.58. The van der Waals surface area contributed by atoms with Crippen LogP contribution in [0.1, 0.15) is 12.0 Å². The van der Waals surface area contributed by atoms with Gasteiger partial charge in [-0.2, -0.15) is 8.42 Å². The molecule has 1 aliphatic heterocycles. The molecule has 0 amide bonds. The van der Waals surface area contributed by atoms with Crippen LogP contribution in [0.3, 0.4) is 0 Å². The fraction of sp³-hybridized carbons (Fsp3) is 0.538. The van der Waals surface area contributed by atoms with Crippen molar-refractivity contribution >= 4 is 10.1 Å². The van der Waals surface area contributed by atoms with Crippen LogP contribution in [-0.4, -0.2) is 40.9 Å². The number of hydrogen-bond acceptors (Lipinski definition) is 5. The fourth-order valence-electron chi connectivity index (χ4n) is 1.95. The first kappa shape index (κ1) is 14.5. The van der Waals surface area contributed by atoms with E-state index in [-0.39, 0.29) is 11.0 Å². The van der Waals surface area contributed by atoms with Gasteiger partial charge in [-0.25, -0.2) is 0 Å². The Balaban J connectivity index is 2.14. The third kappa shape index (κ3) is 3.54. The Morgan fingerprint density at radius 1 is 1.21 bits per heavy atom. The Kier molecular flexibility index (Phi) is 4.57. The van der Waals surface area contributed by atoms with Crippen LogP contribution in [0, 0.1) is 6.92 Å². The molecule has 2 rings (SSSR count). The highest BCUT2D eigenvalue weighted by Gasteiger charge is 2.31. The Morgan fingerprint density at radius 2 is 1.89 bits per heavy atom. The normalized spacial score (nSPS) is 24.3. The lowest BCUT2D eigenvalue weighted by Gasteiger charge is -2.29. The molecule has 0 N–H and O–H groups in total. The first-order chi connectivity index (χ1) is 9.03. The average molecular weight is 286 g/mol. The van der Waals surface area contributed by atoms with E-state index in [4.69, 9.17) is 13.7 Å². The van der Waals surface area contributed by atoms with E-state index in [0.29, 0.717) is 19.6 Å². The summed E-state index contributed by atoms with van der Waals surface area (Å²) in [5.41, 5.74) is 1.000. The summed E-state index contributed by atoms with van der Waals surface area (Å²) < 4.78 is 40.0. The Labute approximate surface area is 113 Å². The summed E-state index contributed by atoms with van der Waals surface area (Å²) in [4.78, 5) is 0.166. The summed E-state index contributed by atoms with van der Waals surface area (Å²) in [6.07, 6.45) is -0.345. The van der Waals surface area contributed by atoms with Crippen molar-refractivity contribution < 1.29 is 22.1 Å². The van der Waals surface area contributed by atoms with Gasteiger partial charge in [0, 0.05) is 20.1 Å². The highest BCUT2D eigenvalue weighted by atomic mass is 32.2. The molecule has 0 saturated carbocycles. The molecule has 0 aliphatic carbocycles. The van der Waals surface area contributed by atoms with Gasteiger partial charge in [0.1, 0.15) is 12.2 Å². The highest BCUT2D eigenvalue weighted by molar-refractivity contribution is 7.86. The van der Waals surface area contributed by atoms with Gasteiger partial charge in [0.05, 0.1) is 11.5 Å². The maximum atomic E-state index is 12.2. The lowest BCUT2D eigenvalue weighted by Crippen LogP contribution is -2.41. The van der Waals surface area contributed by atoms with E-state index in [9.17, 15) is 8.42 Å². The zero-order valence-corrected chi connectivity index (χ0v) is 11.9. The lowest BCUT2D eigenvalue weighted by molar-refractivity contribution is -0.0910. The van der Waals surface area contributed by atoms with Crippen molar-refractivity contribution in [3.8, 4) is 0 Å². The van der Waals surface area contributed by atoms with Crippen LogP contribution >= 0.6 is 0 Å². The molecule has 19 heavy (non-hydrogen) atoms. The SMILES string of the molecule is CO[C@H]1COCC[C@@H]1OS(=O)(=O)c1ccc(C)cc1. The molecule has 0 unspecified atom stereocenters. The third-order valence-electron chi connectivity index (χ3n) is 3.11. The molecule has 5 nitrogen and oxygen atoms in total. The van der Waals surface area contributed by atoms with Gasteiger partial charge in [0.2, 0.25) is 0 Å². The van der Waals surface area contributed by atoms with Gasteiger partial charge in [-0.15, -0.1) is 0 Å². The third-order valence-corrected chi connectivity index (χ3v) is 4.46. The van der Waals surface area contributed by atoms with Gasteiger partial charge < -0.3 is 9.47 Å². The van der Waals surface area contributed by atoms with Gasteiger partial charge in [0.25, 0.3) is 10.1 Å². The van der Waals surface area contributed by atoms with Crippen LogP contribution in [0.5, 0.6) is 0 Å². The molecule has 106 valence electrons. The fourth-order valence-corrected chi connectivity index (χ4v) is 3.07. The average Bonchev–Trinajstić information content (AvgIpc) is 2.39. The van der Waals surface area contributed by atoms with E-state index < -0.39 is 16.2 Å². The molecule has 1 saturated heterocycles. The van der Waals surface area contributed by atoms with Crippen LogP contribution in [0.15, 0.2) is 29.2 Å². The van der Waals surface area contributed by atoms with Crippen LogP contribution in [0.2, 0.25) is 0 Å². The van der Waals surface area contributed by atoms with Crippen LogP contribution in [0.4, 0.5) is 0 Å². The Hall–Kier alpha value is -0.950. The largest absolute Gasteiger partial charge is 0.379 e. The van der Waals surface area contributed by atoms with Crippen molar-refractivity contribution in [2.75, 3.05) is 20.3 Å². The van der Waals surface area contributed by atoms with Crippen molar-refractivity contribution in [1.82, 2.24) is 0 Å². The standard InChI is InChI=1S/C13H18O5S/c1-10-3-5-11(6-4-10)19(14,15)18-12-7-8-17-9-13(12)16-2/h3-6,12-13H,7-9H2,1-2H3/t12-,13-/m0/s1. The molecular weight excluding hydrogens is 268 g/mol. The molecule has 0 aromatic heterocycles. The molecule has 0 radical (unpaired) electrons. The van der Waals surface area contributed by atoms with E-state index in [1.807, 2.05) is 6.92 Å². The van der Waals surface area contributed by atoms with Gasteiger partial charge >= 0.3 is 0 Å². The predicted octanol–water partition coefficient (Wildman–Crippen LogP) is 1.50. The number of benzene rings is 1. The highest BCUT2D eigenvalue weighted by Crippen LogP contribution is 2.21. The second-order valence-corrected chi connectivity index (χ2v) is 6.11. The summed E-state index contributed by atoms with van der Waals surface area (Å²) in [6.45, 7) is 2.73. The minimum absolute atomic E-state index is 0.166. The molecule has 2 atom stereocenters. The predicted molar refractivity (Wildman–Crippen MR) is 69.5 cm³/mol. The van der Waals surface area contributed by atoms with Gasteiger partial charge in [-0.3, -0.25) is 4.18 Å². The smallest absolute Gasteiger partial charge is 0.297 e. The number of methoxy groups -OCH3 is 1. The number of hydrogen-bond donors (Lipinski definition) is 0. The van der Waals surface area contributed by atoms with E-state index in [1.54, 1.807) is 24.3 Å². The lowest BCUT2D eigenvalue weighted by atomic mass is 10.1. The van der Waals surface area contributed by atoms with Crippen molar-refractivity contribution in [2.24, 2.45) is 0 Å². The van der Waals surface area contributed by atoms with Crippen molar-refractivity contribution in [1.29, 1.82) is 0 Å². The molecule has 1 aromatic rings. The summed E-state index contributed by atoms with van der Waals surface area (Å²) in [7, 11) is -2.23. The van der Waals surface area contributed by atoms with E-state index in [0.717, 1.165) is 5.56 Å². The molecule has 0 spiro atoms. The zero-order chi connectivity index (χ0) is 13.9. The molecule has 0 bridgehead atoms. The van der Waals surface area contributed by atoms with Gasteiger partial charge in [0.15, 0.2) is 0 Å². The van der Waals surface area contributed by atoms with Gasteiger partial charge in [-0.1, -0.05) is 17.7 Å². The Morgan fingerprint density at radius 3 is 2.53 bits per heavy atom. The monoisotopic (exact) mass is 286 g/mol. The second-order valence-electron chi connectivity index (χ2n) is 4.54. The van der Waals surface area contributed by atoms with Gasteiger partial charge in [-0.05, 0) is 19.1 Å². The summed E-state index contributed by atoms with van der Waals surface area (Å²) in [5.74, 6) is 0.